The molecule has 3 saturated heterocycles. The monoisotopic (exact) mass is 828 g/mol. The van der Waals surface area contributed by atoms with Gasteiger partial charge in [-0.05, 0) is 67.6 Å². The highest BCUT2D eigenvalue weighted by atomic mass is 35.5. The van der Waals surface area contributed by atoms with E-state index in [0.29, 0.717) is 63.3 Å². The molecule has 5 amide bonds. The van der Waals surface area contributed by atoms with Gasteiger partial charge in [0.1, 0.15) is 29.8 Å². The summed E-state index contributed by atoms with van der Waals surface area (Å²) in [6.45, 7) is -4.29. The number of pyridine rings is 1. The summed E-state index contributed by atoms with van der Waals surface area (Å²) in [5.41, 5.74) is -1.15. The van der Waals surface area contributed by atoms with Crippen LogP contribution in [0.5, 0.6) is 5.75 Å². The Bertz CT molecular complexity index is 2580. The van der Waals surface area contributed by atoms with Gasteiger partial charge in [0.15, 0.2) is 0 Å². The number of halogens is 1. The zero-order chi connectivity index (χ0) is 49.0. The van der Waals surface area contributed by atoms with Crippen LogP contribution in [0.25, 0.3) is 0 Å². The number of fused-ring (bicyclic) bond motifs is 1. The molecular weight excluding hydrogens is 772 g/mol. The second-order valence-electron chi connectivity index (χ2n) is 16.7. The van der Waals surface area contributed by atoms with E-state index >= 15 is 0 Å². The van der Waals surface area contributed by atoms with Gasteiger partial charge in [0.25, 0.3) is 17.7 Å². The number of hydrogen-bond acceptors (Lipinski definition) is 11. The van der Waals surface area contributed by atoms with Gasteiger partial charge in [0.2, 0.25) is 11.8 Å². The van der Waals surface area contributed by atoms with E-state index in [1.54, 1.807) is 30.3 Å². The van der Waals surface area contributed by atoms with Crippen LogP contribution in [-0.4, -0.2) is 108 Å². The lowest BCUT2D eigenvalue weighted by Crippen LogP contribution is -2.74. The number of nitrogens with one attached hydrogen (secondary N) is 2. The number of carbonyl (C=O) groups is 5. The molecule has 59 heavy (non-hydrogen) atoms. The molecule has 5 aliphatic rings. The van der Waals surface area contributed by atoms with E-state index in [2.05, 4.69) is 15.6 Å². The fourth-order valence-electron chi connectivity index (χ4n) is 9.22. The molecular formula is C44H49ClN8O6. The minimum Gasteiger partial charge on any atom is -0.489 e. The molecule has 0 spiro atoms. The first kappa shape index (κ1) is 31.4. The Balaban J connectivity index is 0.907. The molecule has 15 heteroatoms. The quantitative estimate of drug-likeness (QED) is 0.288. The van der Waals surface area contributed by atoms with Gasteiger partial charge in [-0.2, -0.15) is 5.26 Å². The predicted molar refractivity (Wildman–Crippen MR) is 220 cm³/mol. The second-order valence-corrected chi connectivity index (χ2v) is 17.1. The SMILES string of the molecule is [2H]C1([2H])N(CC2CCN(c3ccc(C(=O)NC4C(C)(C)C(Oc5ccc(C#N)c(Cl)c5)C4(C)C)cn3)CC2)C([2H])([2H])C([2H])([2H])N(c2ccc3c(c2)C(=O)N(C2CCC(=O)NC2=O)C3=O)C1([2H])[2H]. The van der Waals surface area contributed by atoms with Crippen LogP contribution in [-0.2, 0) is 9.59 Å². The summed E-state index contributed by atoms with van der Waals surface area (Å²) in [6.07, 6.45) is 1.76. The Labute approximate surface area is 360 Å². The van der Waals surface area contributed by atoms with Crippen molar-refractivity contribution in [1.82, 2.24) is 25.4 Å². The van der Waals surface area contributed by atoms with Crippen molar-refractivity contribution in [1.29, 1.82) is 5.26 Å². The maximum absolute atomic E-state index is 13.6. The molecule has 1 unspecified atom stereocenters. The molecule has 1 aromatic heterocycles. The number of piperidine rings is 2. The molecule has 8 rings (SSSR count). The average molecular weight is 829 g/mol. The molecule has 1 aliphatic carbocycles. The number of nitrogens with zero attached hydrogens (tertiary/aromatic N) is 6. The maximum Gasteiger partial charge on any atom is 0.262 e. The number of nitriles is 1. The minimum atomic E-state index is -3.25. The minimum absolute atomic E-state index is 0.113. The summed E-state index contributed by atoms with van der Waals surface area (Å²) < 4.78 is 78.7. The van der Waals surface area contributed by atoms with Crippen molar-refractivity contribution in [2.75, 3.05) is 55.4 Å². The Hall–Kier alpha value is -5.52. The van der Waals surface area contributed by atoms with Crippen molar-refractivity contribution in [2.45, 2.75) is 71.6 Å². The Morgan fingerprint density at radius 3 is 2.31 bits per heavy atom. The molecule has 308 valence electrons. The maximum atomic E-state index is 13.6. The second kappa shape index (κ2) is 15.6. The number of benzene rings is 2. The number of aromatic nitrogens is 1. The highest BCUT2D eigenvalue weighted by Crippen LogP contribution is 2.55. The largest absolute Gasteiger partial charge is 0.489 e. The van der Waals surface area contributed by atoms with E-state index in [0.717, 1.165) is 18.2 Å². The van der Waals surface area contributed by atoms with Crippen LogP contribution in [0.1, 0.15) is 101 Å². The standard InChI is InChI=1S/C44H49ClN8O6/c1-43(2)41(44(3,4)42(43)59-30-8-5-27(23-46)33(45)22-30)49-37(55)28-6-11-35(47-24-28)52-15-13-26(14-16-52)25-50-17-19-51(20-18-50)29-7-9-31-32(21-29)40(58)53(39(31)57)34-10-12-36(54)48-38(34)56/h5-9,11,21-22,24,26,34,41-42H,10,12-20,25H2,1-4H3,(H,49,55)(H,48,54,56)/i17D2,18D2,19D2,20D2. The molecule has 1 atom stereocenters. The van der Waals surface area contributed by atoms with Crippen LogP contribution in [0.15, 0.2) is 54.7 Å². The molecule has 0 bridgehead atoms. The third kappa shape index (κ3) is 7.51. The van der Waals surface area contributed by atoms with E-state index < -0.39 is 72.2 Å². The summed E-state index contributed by atoms with van der Waals surface area (Å²) in [5, 5.41) is 14.8. The van der Waals surface area contributed by atoms with Crippen molar-refractivity contribution < 1.29 is 39.7 Å². The number of amides is 5. The zero-order valence-corrected chi connectivity index (χ0v) is 33.7. The van der Waals surface area contributed by atoms with Crippen LogP contribution in [0.2, 0.25) is 5.02 Å². The number of piperazine rings is 1. The van der Waals surface area contributed by atoms with Crippen LogP contribution < -0.4 is 25.2 Å². The molecule has 4 aliphatic heterocycles. The van der Waals surface area contributed by atoms with E-state index in [1.165, 1.54) is 6.20 Å². The smallest absolute Gasteiger partial charge is 0.262 e. The molecule has 5 heterocycles. The number of carbonyl (C=O) groups excluding carboxylic acids is 5. The van der Waals surface area contributed by atoms with Crippen LogP contribution in [0, 0.1) is 28.1 Å². The Morgan fingerprint density at radius 1 is 0.949 bits per heavy atom. The fraction of sp³-hybridized carbons (Fsp3) is 0.477. The number of imide groups is 2. The Morgan fingerprint density at radius 2 is 1.66 bits per heavy atom. The number of anilines is 2. The normalized spacial score (nSPS) is 29.7. The highest BCUT2D eigenvalue weighted by molar-refractivity contribution is 6.31. The highest BCUT2D eigenvalue weighted by Gasteiger charge is 2.64. The number of rotatable bonds is 9. The summed E-state index contributed by atoms with van der Waals surface area (Å²) in [6, 6.07) is 12.0. The molecule has 2 aromatic carbocycles. The first-order chi connectivity index (χ1) is 31.2. The van der Waals surface area contributed by atoms with Crippen LogP contribution >= 0.6 is 11.6 Å². The topological polar surface area (TPSA) is 168 Å². The molecule has 0 radical (unpaired) electrons. The lowest BCUT2D eigenvalue weighted by atomic mass is 9.49. The molecule has 14 nitrogen and oxygen atoms in total. The summed E-state index contributed by atoms with van der Waals surface area (Å²) in [4.78, 5) is 72.9. The van der Waals surface area contributed by atoms with Crippen LogP contribution in [0.4, 0.5) is 11.5 Å². The van der Waals surface area contributed by atoms with Gasteiger partial charge in [-0.3, -0.25) is 39.1 Å². The molecule has 2 N–H and O–H groups in total. The van der Waals surface area contributed by atoms with E-state index in [1.807, 2.05) is 38.7 Å². The van der Waals surface area contributed by atoms with E-state index in [9.17, 15) is 29.2 Å². The van der Waals surface area contributed by atoms with Crippen LogP contribution in [0.3, 0.4) is 0 Å². The zero-order valence-electron chi connectivity index (χ0n) is 41.0. The lowest BCUT2D eigenvalue weighted by Gasteiger charge is -2.63. The van der Waals surface area contributed by atoms with Gasteiger partial charge in [-0.15, -0.1) is 0 Å². The molecule has 1 saturated carbocycles. The van der Waals surface area contributed by atoms with Gasteiger partial charge >= 0.3 is 0 Å². The van der Waals surface area contributed by atoms with Crippen molar-refractivity contribution in [3.8, 4) is 11.8 Å². The molecule has 4 fully saturated rings. The van der Waals surface area contributed by atoms with E-state index in [4.69, 9.17) is 27.3 Å². The van der Waals surface area contributed by atoms with Crippen molar-refractivity contribution in [2.24, 2.45) is 16.7 Å². The lowest BCUT2D eigenvalue weighted by molar-refractivity contribution is -0.164. The predicted octanol–water partition coefficient (Wildman–Crippen LogP) is 4.66. The average Bonchev–Trinajstić information content (AvgIpc) is 3.50. The fourth-order valence-corrected chi connectivity index (χ4v) is 9.43. The summed E-state index contributed by atoms with van der Waals surface area (Å²) >= 11 is 6.23. The van der Waals surface area contributed by atoms with Crippen molar-refractivity contribution >= 4 is 52.6 Å². The first-order valence-electron chi connectivity index (χ1n) is 23.5. The molecule has 3 aromatic rings. The Kier molecular flexibility index (Phi) is 8.29. The van der Waals surface area contributed by atoms with E-state index in [-0.39, 0.29) is 59.5 Å². The summed E-state index contributed by atoms with van der Waals surface area (Å²) in [5.74, 6) is -2.80. The number of ether oxygens (including phenoxy) is 1. The number of hydrogen-bond donors (Lipinski definition) is 2. The van der Waals surface area contributed by atoms with Gasteiger partial charge in [0, 0.05) is 92.3 Å². The van der Waals surface area contributed by atoms with Gasteiger partial charge in [-0.1, -0.05) is 39.3 Å². The third-order valence-corrected chi connectivity index (χ3v) is 12.4. The van der Waals surface area contributed by atoms with Gasteiger partial charge in [-0.25, -0.2) is 4.98 Å². The summed E-state index contributed by atoms with van der Waals surface area (Å²) in [7, 11) is 0. The van der Waals surface area contributed by atoms with Gasteiger partial charge in [0.05, 0.1) is 32.8 Å². The van der Waals surface area contributed by atoms with Gasteiger partial charge < -0.3 is 19.9 Å². The first-order valence-corrected chi connectivity index (χ1v) is 19.9. The van der Waals surface area contributed by atoms with Crippen molar-refractivity contribution in [3.63, 3.8) is 0 Å². The van der Waals surface area contributed by atoms with Crippen molar-refractivity contribution in [3.05, 3.63) is 82.0 Å². The third-order valence-electron chi connectivity index (χ3n) is 12.1.